The molecule has 0 bridgehead atoms. The van der Waals surface area contributed by atoms with E-state index in [2.05, 4.69) is 0 Å². The van der Waals surface area contributed by atoms with Crippen LogP contribution < -0.4 is 5.73 Å². The maximum Gasteiger partial charge on any atom is 0.254 e. The van der Waals surface area contributed by atoms with Crippen molar-refractivity contribution in [3.63, 3.8) is 0 Å². The number of carbonyl (C=O) groups excluding carboxylic acids is 3. The van der Waals surface area contributed by atoms with Gasteiger partial charge < -0.3 is 15.4 Å². The molecule has 116 valence electrons. The molecule has 0 aromatic heterocycles. The fourth-order valence-electron chi connectivity index (χ4n) is 3.41. The summed E-state index contributed by atoms with van der Waals surface area (Å²) in [6.07, 6.45) is 0.661. The molecule has 2 heterocycles. The van der Waals surface area contributed by atoms with Crippen molar-refractivity contribution in [3.8, 4) is 0 Å². The van der Waals surface area contributed by atoms with E-state index in [1.807, 2.05) is 30.3 Å². The van der Waals surface area contributed by atoms with Gasteiger partial charge in [-0.05, 0) is 18.4 Å². The van der Waals surface area contributed by atoms with Crippen molar-refractivity contribution in [2.24, 2.45) is 5.73 Å². The highest BCUT2D eigenvalue weighted by atomic mass is 16.5. The lowest BCUT2D eigenvalue weighted by Gasteiger charge is -2.32. The lowest BCUT2D eigenvalue weighted by Crippen LogP contribution is -2.63. The van der Waals surface area contributed by atoms with Crippen LogP contribution in [0.15, 0.2) is 30.3 Å². The molecule has 0 saturated carbocycles. The van der Waals surface area contributed by atoms with Gasteiger partial charge in [0.2, 0.25) is 11.4 Å². The molecule has 0 radical (unpaired) electrons. The molecule has 22 heavy (non-hydrogen) atoms. The van der Waals surface area contributed by atoms with Crippen molar-refractivity contribution in [1.82, 2.24) is 4.90 Å². The van der Waals surface area contributed by atoms with Gasteiger partial charge in [0, 0.05) is 13.0 Å². The molecular weight excluding hydrogens is 284 g/mol. The molecule has 2 unspecified atom stereocenters. The van der Waals surface area contributed by atoms with Crippen molar-refractivity contribution in [2.75, 3.05) is 13.2 Å². The number of rotatable bonds is 4. The number of benzene rings is 1. The van der Waals surface area contributed by atoms with Crippen LogP contribution in [-0.2, 0) is 25.5 Å². The number of hydrogen-bond acceptors (Lipinski definition) is 4. The highest BCUT2D eigenvalue weighted by Crippen LogP contribution is 2.38. The molecule has 3 rings (SSSR count). The first-order valence-corrected chi connectivity index (χ1v) is 7.36. The molecule has 0 spiro atoms. The Morgan fingerprint density at radius 1 is 1.32 bits per heavy atom. The Morgan fingerprint density at radius 2 is 2.05 bits per heavy atom. The zero-order chi connectivity index (χ0) is 15.7. The third-order valence-corrected chi connectivity index (χ3v) is 4.49. The first kappa shape index (κ1) is 14.7. The van der Waals surface area contributed by atoms with Crippen molar-refractivity contribution in [2.45, 2.75) is 30.9 Å². The fourth-order valence-corrected chi connectivity index (χ4v) is 3.41. The van der Waals surface area contributed by atoms with Gasteiger partial charge in [0.25, 0.3) is 5.91 Å². The van der Waals surface area contributed by atoms with E-state index >= 15 is 0 Å². The first-order chi connectivity index (χ1) is 10.6. The number of likely N-dealkylation sites (tertiary alicyclic amines) is 1. The Hall–Kier alpha value is -2.21. The summed E-state index contributed by atoms with van der Waals surface area (Å²) >= 11 is 0. The minimum Gasteiger partial charge on any atom is -0.367 e. The summed E-state index contributed by atoms with van der Waals surface area (Å²) in [6, 6.07) is 9.60. The Bertz CT molecular complexity index is 616. The molecule has 2 aliphatic rings. The lowest BCUT2D eigenvalue weighted by atomic mass is 9.89. The van der Waals surface area contributed by atoms with E-state index in [4.69, 9.17) is 10.5 Å². The van der Waals surface area contributed by atoms with E-state index in [0.29, 0.717) is 19.4 Å². The van der Waals surface area contributed by atoms with Crippen molar-refractivity contribution in [1.29, 1.82) is 0 Å². The molecule has 2 saturated heterocycles. The number of aryl methyl sites for hydroxylation is 1. The fraction of sp³-hybridized carbons (Fsp3) is 0.438. The molecule has 2 N–H and O–H groups in total. The zero-order valence-electron chi connectivity index (χ0n) is 12.2. The van der Waals surface area contributed by atoms with Crippen molar-refractivity contribution < 1.29 is 19.1 Å². The lowest BCUT2D eigenvalue weighted by molar-refractivity contribution is -0.150. The van der Waals surface area contributed by atoms with Gasteiger partial charge >= 0.3 is 0 Å². The quantitative estimate of drug-likeness (QED) is 0.795. The van der Waals surface area contributed by atoms with Crippen molar-refractivity contribution >= 4 is 17.6 Å². The van der Waals surface area contributed by atoms with Gasteiger partial charge in [0.15, 0.2) is 5.78 Å². The number of hydrogen-bond donors (Lipinski definition) is 1. The molecule has 2 fully saturated rings. The van der Waals surface area contributed by atoms with E-state index in [0.717, 1.165) is 5.56 Å². The van der Waals surface area contributed by atoms with Crippen LogP contribution in [0, 0.1) is 0 Å². The normalized spacial score (nSPS) is 27.0. The van der Waals surface area contributed by atoms with Gasteiger partial charge in [-0.2, -0.15) is 0 Å². The molecule has 2 aliphatic heterocycles. The number of nitrogens with two attached hydrogens (primary N) is 1. The maximum atomic E-state index is 12.5. The van der Waals surface area contributed by atoms with Crippen LogP contribution in [0.2, 0.25) is 0 Å². The molecule has 6 nitrogen and oxygen atoms in total. The van der Waals surface area contributed by atoms with Crippen molar-refractivity contribution in [3.05, 3.63) is 35.9 Å². The van der Waals surface area contributed by atoms with Gasteiger partial charge in [-0.3, -0.25) is 14.4 Å². The summed E-state index contributed by atoms with van der Waals surface area (Å²) in [5.41, 5.74) is 4.91. The summed E-state index contributed by atoms with van der Waals surface area (Å²) in [5.74, 6) is -1.43. The third-order valence-electron chi connectivity index (χ3n) is 4.49. The Labute approximate surface area is 128 Å². The van der Waals surface area contributed by atoms with Crippen LogP contribution >= 0.6 is 0 Å². The summed E-state index contributed by atoms with van der Waals surface area (Å²) in [5, 5.41) is 0. The molecule has 1 aromatic rings. The number of amides is 2. The number of fused-ring (bicyclic) bond motifs is 1. The Morgan fingerprint density at radius 3 is 2.73 bits per heavy atom. The highest BCUT2D eigenvalue weighted by molar-refractivity contribution is 6.15. The number of carbonyl (C=O) groups is 3. The van der Waals surface area contributed by atoms with E-state index in [1.165, 1.54) is 4.90 Å². The predicted molar refractivity (Wildman–Crippen MR) is 77.8 cm³/mol. The number of primary amides is 1. The first-order valence-electron chi connectivity index (χ1n) is 7.36. The minimum atomic E-state index is -1.59. The van der Waals surface area contributed by atoms with E-state index < -0.39 is 23.3 Å². The SMILES string of the molecule is NC(=O)C12C(=O)COC1CCN2C(=O)CCc1ccccc1. The van der Waals surface area contributed by atoms with E-state index in [1.54, 1.807) is 0 Å². The molecule has 2 amide bonds. The van der Waals surface area contributed by atoms with Crippen LogP contribution in [0.1, 0.15) is 18.4 Å². The van der Waals surface area contributed by atoms with Crippen LogP contribution in [0.5, 0.6) is 0 Å². The minimum absolute atomic E-state index is 0.157. The predicted octanol–water partition coefficient (Wildman–Crippen LogP) is 0.0435. The number of ketones is 1. The van der Waals surface area contributed by atoms with Gasteiger partial charge in [0.1, 0.15) is 6.61 Å². The standard InChI is InChI=1S/C16H18N2O4/c17-15(21)16-12(19)10-22-13(16)8-9-18(16)14(20)7-6-11-4-2-1-3-5-11/h1-5,13H,6-10H2,(H2,17,21). The largest absolute Gasteiger partial charge is 0.367 e. The molecule has 0 aliphatic carbocycles. The maximum absolute atomic E-state index is 12.5. The van der Waals surface area contributed by atoms with Gasteiger partial charge in [-0.25, -0.2) is 0 Å². The van der Waals surface area contributed by atoms with Gasteiger partial charge in [-0.1, -0.05) is 30.3 Å². The summed E-state index contributed by atoms with van der Waals surface area (Å²) in [4.78, 5) is 38.0. The summed E-state index contributed by atoms with van der Waals surface area (Å²) in [6.45, 7) is 0.170. The van der Waals surface area contributed by atoms with Crippen LogP contribution in [0.25, 0.3) is 0 Å². The summed E-state index contributed by atoms with van der Waals surface area (Å²) < 4.78 is 5.35. The number of nitrogens with zero attached hydrogens (tertiary/aromatic N) is 1. The Balaban J connectivity index is 1.77. The number of Topliss-reactive ketones (excluding diaryl/α,β-unsaturated/α-hetero) is 1. The molecule has 2 atom stereocenters. The molecular formula is C16H18N2O4. The second-order valence-electron chi connectivity index (χ2n) is 5.67. The summed E-state index contributed by atoms with van der Waals surface area (Å²) in [7, 11) is 0. The second-order valence-corrected chi connectivity index (χ2v) is 5.67. The highest BCUT2D eigenvalue weighted by Gasteiger charge is 2.64. The van der Waals surface area contributed by atoms with Gasteiger partial charge in [0.05, 0.1) is 6.10 Å². The monoisotopic (exact) mass is 302 g/mol. The third kappa shape index (κ3) is 2.11. The van der Waals surface area contributed by atoms with Crippen LogP contribution in [-0.4, -0.2) is 47.3 Å². The average Bonchev–Trinajstić information content (AvgIpc) is 3.05. The second kappa shape index (κ2) is 5.53. The molecule has 6 heteroatoms. The van der Waals surface area contributed by atoms with Crippen LogP contribution in [0.4, 0.5) is 0 Å². The van der Waals surface area contributed by atoms with Crippen LogP contribution in [0.3, 0.4) is 0 Å². The Kier molecular flexibility index (Phi) is 3.70. The zero-order valence-corrected chi connectivity index (χ0v) is 12.2. The smallest absolute Gasteiger partial charge is 0.254 e. The number of ether oxygens (including phenoxy) is 1. The molecule has 1 aromatic carbocycles. The average molecular weight is 302 g/mol. The van der Waals surface area contributed by atoms with E-state index in [9.17, 15) is 14.4 Å². The topological polar surface area (TPSA) is 89.7 Å². The van der Waals surface area contributed by atoms with E-state index in [-0.39, 0.29) is 18.9 Å². The van der Waals surface area contributed by atoms with Gasteiger partial charge in [-0.15, -0.1) is 0 Å².